The van der Waals surface area contributed by atoms with Crippen LogP contribution in [0, 0.1) is 8.99 Å². The Morgan fingerprint density at radius 3 is 2.56 bits per heavy atom. The van der Waals surface area contributed by atoms with E-state index in [2.05, 4.69) is 51.7 Å². The van der Waals surface area contributed by atoms with Gasteiger partial charge in [-0.1, -0.05) is 13.8 Å². The smallest absolute Gasteiger partial charge is 0.222 e. The van der Waals surface area contributed by atoms with Gasteiger partial charge in [0.1, 0.15) is 0 Å². The number of hydrogen-bond acceptors (Lipinski definition) is 4. The molecule has 0 saturated heterocycles. The summed E-state index contributed by atoms with van der Waals surface area (Å²) < 4.78 is 6.13. The molecule has 0 aliphatic rings. The second-order valence-corrected chi connectivity index (χ2v) is 5.73. The molecular weight excluding hydrogens is 317 g/mol. The number of ether oxygens (including phenoxy) is 1. The van der Waals surface area contributed by atoms with Crippen molar-refractivity contribution in [2.75, 3.05) is 25.6 Å². The number of aromatic nitrogens is 2. The Morgan fingerprint density at radius 2 is 2.00 bits per heavy atom. The monoisotopic (exact) mass is 335 g/mol. The Balaban J connectivity index is 2.41. The van der Waals surface area contributed by atoms with Crippen molar-refractivity contribution in [2.45, 2.75) is 20.3 Å². The van der Waals surface area contributed by atoms with Gasteiger partial charge in [0.25, 0.3) is 0 Å². The van der Waals surface area contributed by atoms with E-state index in [0.717, 1.165) is 23.1 Å². The Bertz CT molecular complexity index is 314. The molecule has 0 unspecified atom stereocenters. The molecule has 1 aromatic heterocycles. The van der Waals surface area contributed by atoms with Gasteiger partial charge in [0, 0.05) is 36.2 Å². The highest BCUT2D eigenvalue weighted by molar-refractivity contribution is 14.1. The largest absolute Gasteiger partial charge is 0.385 e. The summed E-state index contributed by atoms with van der Waals surface area (Å²) in [5.41, 5.74) is 0.183. The van der Waals surface area contributed by atoms with Crippen molar-refractivity contribution in [1.82, 2.24) is 9.97 Å². The van der Waals surface area contributed by atoms with E-state index < -0.39 is 0 Å². The summed E-state index contributed by atoms with van der Waals surface area (Å²) in [6.45, 7) is 6.02. The minimum absolute atomic E-state index is 0.183. The second kappa shape index (κ2) is 6.34. The van der Waals surface area contributed by atoms with Crippen LogP contribution in [0.5, 0.6) is 0 Å². The molecule has 1 heterocycles. The quantitative estimate of drug-likeness (QED) is 0.812. The van der Waals surface area contributed by atoms with Crippen molar-refractivity contribution < 1.29 is 4.74 Å². The van der Waals surface area contributed by atoms with Gasteiger partial charge in [-0.3, -0.25) is 0 Å². The van der Waals surface area contributed by atoms with Crippen LogP contribution in [-0.4, -0.2) is 30.2 Å². The normalized spacial score (nSPS) is 11.5. The van der Waals surface area contributed by atoms with Crippen molar-refractivity contribution in [2.24, 2.45) is 5.41 Å². The summed E-state index contributed by atoms with van der Waals surface area (Å²) in [6.07, 6.45) is 4.62. The van der Waals surface area contributed by atoms with Crippen LogP contribution in [0.2, 0.25) is 0 Å². The first-order valence-electron chi connectivity index (χ1n) is 5.24. The minimum atomic E-state index is 0.183. The summed E-state index contributed by atoms with van der Waals surface area (Å²) in [6, 6.07) is 0. The number of anilines is 1. The molecule has 0 fully saturated rings. The fraction of sp³-hybridized carbons (Fsp3) is 0.636. The van der Waals surface area contributed by atoms with Crippen molar-refractivity contribution in [3.63, 3.8) is 0 Å². The van der Waals surface area contributed by atoms with Gasteiger partial charge in [0.15, 0.2) is 0 Å². The van der Waals surface area contributed by atoms with Crippen LogP contribution in [0.15, 0.2) is 12.4 Å². The molecule has 1 N–H and O–H groups in total. The van der Waals surface area contributed by atoms with Crippen molar-refractivity contribution in [3.05, 3.63) is 16.0 Å². The van der Waals surface area contributed by atoms with Gasteiger partial charge < -0.3 is 10.1 Å². The maximum atomic E-state index is 5.09. The predicted molar refractivity (Wildman–Crippen MR) is 73.5 cm³/mol. The Hall–Kier alpha value is -0.430. The highest BCUT2D eigenvalue weighted by atomic mass is 127. The zero-order valence-electron chi connectivity index (χ0n) is 9.96. The molecule has 16 heavy (non-hydrogen) atoms. The lowest BCUT2D eigenvalue weighted by Gasteiger charge is -2.24. The van der Waals surface area contributed by atoms with Crippen molar-refractivity contribution >= 4 is 28.5 Å². The number of rotatable bonds is 6. The molecule has 0 radical (unpaired) electrons. The molecule has 5 heteroatoms. The summed E-state index contributed by atoms with van der Waals surface area (Å²) in [4.78, 5) is 8.40. The average molecular weight is 335 g/mol. The van der Waals surface area contributed by atoms with Gasteiger partial charge in [-0.15, -0.1) is 0 Å². The molecule has 1 rings (SSSR count). The van der Waals surface area contributed by atoms with Gasteiger partial charge >= 0.3 is 0 Å². The van der Waals surface area contributed by atoms with Gasteiger partial charge in [-0.2, -0.15) is 0 Å². The third kappa shape index (κ3) is 5.07. The molecule has 0 aromatic carbocycles. The van der Waals surface area contributed by atoms with Gasteiger partial charge in [-0.25, -0.2) is 9.97 Å². The summed E-state index contributed by atoms with van der Waals surface area (Å²) in [5.74, 6) is 0.686. The Morgan fingerprint density at radius 1 is 1.38 bits per heavy atom. The van der Waals surface area contributed by atoms with Crippen LogP contribution >= 0.6 is 22.6 Å². The number of hydrogen-bond donors (Lipinski definition) is 1. The van der Waals surface area contributed by atoms with Crippen LogP contribution in [0.3, 0.4) is 0 Å². The first-order valence-corrected chi connectivity index (χ1v) is 6.32. The lowest BCUT2D eigenvalue weighted by Crippen LogP contribution is -2.25. The summed E-state index contributed by atoms with van der Waals surface area (Å²) in [5, 5.41) is 3.24. The number of nitrogens with zero attached hydrogens (tertiary/aromatic N) is 2. The van der Waals surface area contributed by atoms with E-state index in [4.69, 9.17) is 4.74 Å². The molecule has 0 atom stereocenters. The number of nitrogens with one attached hydrogen (secondary N) is 1. The van der Waals surface area contributed by atoms with E-state index in [0.29, 0.717) is 5.95 Å². The van der Waals surface area contributed by atoms with E-state index >= 15 is 0 Å². The van der Waals surface area contributed by atoms with E-state index in [9.17, 15) is 0 Å². The SMILES string of the molecule is COCCC(C)(C)CNc1ncc(I)cn1. The molecule has 0 bridgehead atoms. The maximum Gasteiger partial charge on any atom is 0.222 e. The molecule has 4 nitrogen and oxygen atoms in total. The lowest BCUT2D eigenvalue weighted by molar-refractivity contribution is 0.157. The summed E-state index contributed by atoms with van der Waals surface area (Å²) >= 11 is 2.19. The van der Waals surface area contributed by atoms with Crippen LogP contribution in [0.4, 0.5) is 5.95 Å². The predicted octanol–water partition coefficient (Wildman–Crippen LogP) is 2.56. The van der Waals surface area contributed by atoms with Crippen molar-refractivity contribution in [3.8, 4) is 0 Å². The standard InChI is InChI=1S/C11H18IN3O/c1-11(2,4-5-16-3)8-15-10-13-6-9(12)7-14-10/h6-7H,4-5,8H2,1-3H3,(H,13,14,15). The highest BCUT2D eigenvalue weighted by Crippen LogP contribution is 2.20. The van der Waals surface area contributed by atoms with Crippen LogP contribution in [0.25, 0.3) is 0 Å². The van der Waals surface area contributed by atoms with Crippen LogP contribution in [0.1, 0.15) is 20.3 Å². The molecule has 0 spiro atoms. The van der Waals surface area contributed by atoms with Crippen LogP contribution in [-0.2, 0) is 4.74 Å². The number of halogens is 1. The molecule has 0 aliphatic carbocycles. The van der Waals surface area contributed by atoms with E-state index in [1.54, 1.807) is 19.5 Å². The van der Waals surface area contributed by atoms with E-state index in [-0.39, 0.29) is 5.41 Å². The third-order valence-corrected chi connectivity index (χ3v) is 2.89. The average Bonchev–Trinajstić information content (AvgIpc) is 2.26. The van der Waals surface area contributed by atoms with Gasteiger partial charge in [-0.05, 0) is 34.4 Å². The Labute approximate surface area is 110 Å². The molecule has 0 amide bonds. The topological polar surface area (TPSA) is 47.0 Å². The molecule has 0 aliphatic heterocycles. The second-order valence-electron chi connectivity index (χ2n) is 4.49. The fourth-order valence-corrected chi connectivity index (χ4v) is 1.47. The molecule has 1 aromatic rings. The maximum absolute atomic E-state index is 5.09. The first kappa shape index (κ1) is 13.6. The van der Waals surface area contributed by atoms with Gasteiger partial charge in [0.2, 0.25) is 5.95 Å². The lowest BCUT2D eigenvalue weighted by atomic mass is 9.90. The molecule has 90 valence electrons. The highest BCUT2D eigenvalue weighted by Gasteiger charge is 2.17. The minimum Gasteiger partial charge on any atom is -0.385 e. The van der Waals surface area contributed by atoms with Crippen molar-refractivity contribution in [1.29, 1.82) is 0 Å². The van der Waals surface area contributed by atoms with Gasteiger partial charge in [0.05, 0.1) is 0 Å². The molecule has 0 saturated carbocycles. The molecular formula is C11H18IN3O. The zero-order chi connectivity index (χ0) is 12.0. The first-order chi connectivity index (χ1) is 7.53. The zero-order valence-corrected chi connectivity index (χ0v) is 12.1. The van der Waals surface area contributed by atoms with E-state index in [1.807, 2.05) is 0 Å². The third-order valence-electron chi connectivity index (χ3n) is 2.33. The Kier molecular flexibility index (Phi) is 5.40. The number of methoxy groups -OCH3 is 1. The fourth-order valence-electron chi connectivity index (χ4n) is 1.19. The van der Waals surface area contributed by atoms with E-state index in [1.165, 1.54) is 0 Å². The van der Waals surface area contributed by atoms with Crippen LogP contribution < -0.4 is 5.32 Å². The summed E-state index contributed by atoms with van der Waals surface area (Å²) in [7, 11) is 1.73.